The standard InChI is InChI=1S/C13H10N4O4/c1-15-11(12(18)19)7-16-6-10(14-13(15)16)8-3-2-4-9(5-8)17(20)21/h2-7H,1H3,(H,18,19). The van der Waals surface area contributed by atoms with Crippen molar-refractivity contribution >= 4 is 17.4 Å². The maximum Gasteiger partial charge on any atom is 0.354 e. The average molecular weight is 286 g/mol. The maximum atomic E-state index is 11.0. The van der Waals surface area contributed by atoms with Gasteiger partial charge >= 0.3 is 5.97 Å². The number of carboxylic acid groups (broad SMARTS) is 1. The maximum absolute atomic E-state index is 11.0. The van der Waals surface area contributed by atoms with Crippen LogP contribution in [-0.4, -0.2) is 30.0 Å². The van der Waals surface area contributed by atoms with Gasteiger partial charge in [-0.1, -0.05) is 12.1 Å². The number of aryl methyl sites for hydroxylation is 1. The van der Waals surface area contributed by atoms with Crippen molar-refractivity contribution in [1.29, 1.82) is 0 Å². The number of nitro groups is 1. The molecule has 0 fully saturated rings. The zero-order valence-electron chi connectivity index (χ0n) is 10.9. The summed E-state index contributed by atoms with van der Waals surface area (Å²) < 4.78 is 3.03. The van der Waals surface area contributed by atoms with Gasteiger partial charge in [0.1, 0.15) is 5.69 Å². The molecule has 2 heterocycles. The van der Waals surface area contributed by atoms with E-state index < -0.39 is 10.9 Å². The summed E-state index contributed by atoms with van der Waals surface area (Å²) in [5.74, 6) is -0.589. The second kappa shape index (κ2) is 4.44. The molecule has 0 saturated carbocycles. The fourth-order valence-electron chi connectivity index (χ4n) is 2.17. The topological polar surface area (TPSA) is 103 Å². The van der Waals surface area contributed by atoms with Gasteiger partial charge in [-0.25, -0.2) is 9.78 Å². The first kappa shape index (κ1) is 12.9. The first-order chi connectivity index (χ1) is 9.97. The fraction of sp³-hybridized carbons (Fsp3) is 0.0769. The third-order valence-electron chi connectivity index (χ3n) is 3.21. The number of imidazole rings is 2. The van der Waals surface area contributed by atoms with Crippen LogP contribution < -0.4 is 0 Å². The third-order valence-corrected chi connectivity index (χ3v) is 3.21. The van der Waals surface area contributed by atoms with Gasteiger partial charge in [0.15, 0.2) is 0 Å². The predicted molar refractivity (Wildman–Crippen MR) is 73.2 cm³/mol. The van der Waals surface area contributed by atoms with Crippen molar-refractivity contribution in [3.05, 3.63) is 52.5 Å². The van der Waals surface area contributed by atoms with Crippen molar-refractivity contribution in [3.8, 4) is 11.3 Å². The molecule has 0 spiro atoms. The van der Waals surface area contributed by atoms with Gasteiger partial charge in [-0.05, 0) is 0 Å². The smallest absolute Gasteiger partial charge is 0.354 e. The lowest BCUT2D eigenvalue weighted by Crippen LogP contribution is -2.04. The second-order valence-electron chi connectivity index (χ2n) is 4.52. The van der Waals surface area contributed by atoms with Crippen LogP contribution >= 0.6 is 0 Å². The van der Waals surface area contributed by atoms with Crippen molar-refractivity contribution in [3.63, 3.8) is 0 Å². The zero-order valence-corrected chi connectivity index (χ0v) is 10.9. The van der Waals surface area contributed by atoms with Crippen LogP contribution in [-0.2, 0) is 7.05 Å². The first-order valence-corrected chi connectivity index (χ1v) is 6.00. The third kappa shape index (κ3) is 2.02. The Hall–Kier alpha value is -3.16. The van der Waals surface area contributed by atoms with Gasteiger partial charge in [0.05, 0.1) is 10.6 Å². The van der Waals surface area contributed by atoms with Gasteiger partial charge in [-0.2, -0.15) is 0 Å². The molecule has 0 aliphatic heterocycles. The molecule has 0 aliphatic carbocycles. The lowest BCUT2D eigenvalue weighted by molar-refractivity contribution is -0.384. The summed E-state index contributed by atoms with van der Waals surface area (Å²) in [5.41, 5.74) is 1.24. The number of nitrogens with zero attached hydrogens (tertiary/aromatic N) is 4. The normalized spacial score (nSPS) is 10.9. The molecule has 3 aromatic rings. The van der Waals surface area contributed by atoms with Crippen molar-refractivity contribution in [2.75, 3.05) is 0 Å². The number of nitro benzene ring substituents is 1. The summed E-state index contributed by atoms with van der Waals surface area (Å²) in [6.45, 7) is 0. The van der Waals surface area contributed by atoms with E-state index in [1.165, 1.54) is 22.9 Å². The molecule has 1 aromatic carbocycles. The van der Waals surface area contributed by atoms with Crippen LogP contribution in [0.5, 0.6) is 0 Å². The number of hydrogen-bond donors (Lipinski definition) is 1. The van der Waals surface area contributed by atoms with Crippen LogP contribution in [0.1, 0.15) is 10.5 Å². The van der Waals surface area contributed by atoms with Crippen molar-refractivity contribution in [2.24, 2.45) is 7.05 Å². The SMILES string of the molecule is Cn1c(C(=O)O)cn2cc(-c3cccc([N+](=O)[O-])c3)nc12. The van der Waals surface area contributed by atoms with Crippen LogP contribution in [0.25, 0.3) is 17.0 Å². The van der Waals surface area contributed by atoms with Gasteiger partial charge in [0.2, 0.25) is 5.78 Å². The molecule has 0 aliphatic rings. The van der Waals surface area contributed by atoms with Crippen LogP contribution in [0, 0.1) is 10.1 Å². The molecule has 0 unspecified atom stereocenters. The Morgan fingerprint density at radius 2 is 2.14 bits per heavy atom. The van der Waals surface area contributed by atoms with Gasteiger partial charge in [-0.3, -0.25) is 14.5 Å². The molecule has 8 nitrogen and oxygen atoms in total. The molecule has 0 saturated heterocycles. The Bertz CT molecular complexity index is 878. The lowest BCUT2D eigenvalue weighted by Gasteiger charge is -1.97. The monoisotopic (exact) mass is 286 g/mol. The second-order valence-corrected chi connectivity index (χ2v) is 4.52. The van der Waals surface area contributed by atoms with Gasteiger partial charge in [0.25, 0.3) is 5.69 Å². The van der Waals surface area contributed by atoms with Gasteiger partial charge in [-0.15, -0.1) is 0 Å². The number of aromatic carboxylic acids is 1. The van der Waals surface area contributed by atoms with E-state index in [1.54, 1.807) is 29.8 Å². The summed E-state index contributed by atoms with van der Waals surface area (Å²) >= 11 is 0. The van der Waals surface area contributed by atoms with Crippen molar-refractivity contribution < 1.29 is 14.8 Å². The highest BCUT2D eigenvalue weighted by Crippen LogP contribution is 2.24. The highest BCUT2D eigenvalue weighted by Gasteiger charge is 2.16. The van der Waals surface area contributed by atoms with E-state index in [1.807, 2.05) is 0 Å². The van der Waals surface area contributed by atoms with E-state index in [9.17, 15) is 14.9 Å². The van der Waals surface area contributed by atoms with E-state index in [4.69, 9.17) is 5.11 Å². The molecular weight excluding hydrogens is 276 g/mol. The minimum atomic E-state index is -1.04. The minimum Gasteiger partial charge on any atom is -0.477 e. The van der Waals surface area contributed by atoms with Crippen LogP contribution in [0.4, 0.5) is 5.69 Å². The molecule has 1 N–H and O–H groups in total. The van der Waals surface area contributed by atoms with Gasteiger partial charge < -0.3 is 9.67 Å². The number of non-ortho nitro benzene ring substituents is 1. The zero-order chi connectivity index (χ0) is 15.1. The molecule has 3 rings (SSSR count). The molecule has 106 valence electrons. The van der Waals surface area contributed by atoms with Crippen molar-refractivity contribution in [2.45, 2.75) is 0 Å². The highest BCUT2D eigenvalue weighted by molar-refractivity contribution is 5.86. The minimum absolute atomic E-state index is 0.0178. The number of carboxylic acids is 1. The van der Waals surface area contributed by atoms with Crippen LogP contribution in [0.15, 0.2) is 36.7 Å². The summed E-state index contributed by atoms with van der Waals surface area (Å²) in [6, 6.07) is 6.13. The first-order valence-electron chi connectivity index (χ1n) is 6.00. The lowest BCUT2D eigenvalue weighted by atomic mass is 10.1. The largest absolute Gasteiger partial charge is 0.477 e. The van der Waals surface area contributed by atoms with E-state index in [2.05, 4.69) is 4.98 Å². The Morgan fingerprint density at radius 1 is 1.38 bits per heavy atom. The van der Waals surface area contributed by atoms with E-state index in [0.717, 1.165) is 0 Å². The molecule has 0 bridgehead atoms. The molecule has 2 aromatic heterocycles. The number of hydrogen-bond acceptors (Lipinski definition) is 4. The molecule has 0 amide bonds. The number of benzene rings is 1. The number of aromatic nitrogens is 3. The quantitative estimate of drug-likeness (QED) is 0.585. The predicted octanol–water partition coefficient (Wildman–Crippen LogP) is 1.95. The molecular formula is C13H10N4O4. The number of carbonyl (C=O) groups is 1. The number of fused-ring (bicyclic) bond motifs is 1. The van der Waals surface area contributed by atoms with Crippen molar-refractivity contribution in [1.82, 2.24) is 14.0 Å². The Morgan fingerprint density at radius 3 is 2.76 bits per heavy atom. The Balaban J connectivity index is 2.12. The molecule has 0 radical (unpaired) electrons. The van der Waals surface area contributed by atoms with Gasteiger partial charge in [0, 0.05) is 37.1 Å². The fourth-order valence-corrected chi connectivity index (χ4v) is 2.17. The summed E-state index contributed by atoms with van der Waals surface area (Å²) in [6.07, 6.45) is 3.09. The van der Waals surface area contributed by atoms with E-state index in [-0.39, 0.29) is 11.4 Å². The average Bonchev–Trinajstić information content (AvgIpc) is 2.99. The van der Waals surface area contributed by atoms with Crippen LogP contribution in [0.3, 0.4) is 0 Å². The Labute approximate surface area is 118 Å². The summed E-state index contributed by atoms with van der Waals surface area (Å²) in [5, 5.41) is 19.8. The Kier molecular flexibility index (Phi) is 2.72. The van der Waals surface area contributed by atoms with E-state index in [0.29, 0.717) is 17.0 Å². The number of rotatable bonds is 3. The molecule has 21 heavy (non-hydrogen) atoms. The summed E-state index contributed by atoms with van der Waals surface area (Å²) in [4.78, 5) is 25.7. The highest BCUT2D eigenvalue weighted by atomic mass is 16.6. The summed E-state index contributed by atoms with van der Waals surface area (Å²) in [7, 11) is 1.60. The molecule has 8 heteroatoms. The van der Waals surface area contributed by atoms with Crippen LogP contribution in [0.2, 0.25) is 0 Å². The van der Waals surface area contributed by atoms with E-state index >= 15 is 0 Å². The molecule has 0 atom stereocenters.